The molecule has 4 aliphatic rings. The van der Waals surface area contributed by atoms with Gasteiger partial charge in [-0.2, -0.15) is 4.73 Å². The Morgan fingerprint density at radius 1 is 1.08 bits per heavy atom. The molecule has 3 fully saturated rings. The quantitative estimate of drug-likeness (QED) is 0.123. The van der Waals surface area contributed by atoms with E-state index in [0.717, 1.165) is 31.5 Å². The number of carbonyl (C=O) groups is 2. The van der Waals surface area contributed by atoms with Crippen molar-refractivity contribution >= 4 is 35.1 Å². The minimum atomic E-state index is -1.48. The Labute approximate surface area is 306 Å². The maximum atomic E-state index is 14.3. The van der Waals surface area contributed by atoms with Gasteiger partial charge >= 0.3 is 11.9 Å². The zero-order valence-corrected chi connectivity index (χ0v) is 29.8. The first kappa shape index (κ1) is 36.6. The van der Waals surface area contributed by atoms with Crippen LogP contribution in [-0.4, -0.2) is 68.4 Å². The van der Waals surface area contributed by atoms with Crippen LogP contribution in [-0.2, 0) is 20.7 Å². The molecule has 0 radical (unpaired) electrons. The van der Waals surface area contributed by atoms with Crippen LogP contribution in [0, 0.1) is 22.4 Å². The third-order valence-corrected chi connectivity index (χ3v) is 11.0. The van der Waals surface area contributed by atoms with Crippen LogP contribution in [0.25, 0.3) is 0 Å². The Kier molecular flexibility index (Phi) is 11.2. The second kappa shape index (κ2) is 15.6. The van der Waals surface area contributed by atoms with E-state index in [-0.39, 0.29) is 35.5 Å². The Morgan fingerprint density at radius 3 is 2.39 bits per heavy atom. The molecule has 2 aromatic carbocycles. The third-order valence-electron chi connectivity index (χ3n) is 10.4. The van der Waals surface area contributed by atoms with Crippen molar-refractivity contribution in [2.45, 2.75) is 43.7 Å². The van der Waals surface area contributed by atoms with Gasteiger partial charge < -0.3 is 24.5 Å². The molecule has 0 amide bonds. The third kappa shape index (κ3) is 7.86. The molecule has 3 aromatic rings. The summed E-state index contributed by atoms with van der Waals surface area (Å²) in [6, 6.07) is 10.1. The number of methoxy groups -OCH3 is 2. The van der Waals surface area contributed by atoms with Crippen molar-refractivity contribution < 1.29 is 38.0 Å². The average molecular weight is 741 g/mol. The topological polar surface area (TPSA) is 124 Å². The summed E-state index contributed by atoms with van der Waals surface area (Å²) in [5.41, 5.74) is 0.747. The lowest BCUT2D eigenvalue weighted by molar-refractivity contribution is -0.605. The molecule has 13 heteroatoms. The molecule has 0 saturated carbocycles. The number of hydrogen-bond acceptors (Lipinski definition) is 8. The van der Waals surface area contributed by atoms with E-state index in [1.807, 2.05) is 6.08 Å². The van der Waals surface area contributed by atoms with E-state index in [1.54, 1.807) is 42.5 Å². The summed E-state index contributed by atoms with van der Waals surface area (Å²) in [6.07, 6.45) is 9.44. The number of pyridine rings is 1. The van der Waals surface area contributed by atoms with E-state index in [4.69, 9.17) is 37.4 Å². The number of nitrogens with one attached hydrogen (secondary N) is 1. The monoisotopic (exact) mass is 739 g/mol. The number of aliphatic carboxylic acids is 1. The maximum Gasteiger partial charge on any atom is 0.328 e. The highest BCUT2D eigenvalue weighted by molar-refractivity contribution is 6.35. The van der Waals surface area contributed by atoms with Gasteiger partial charge in [0.15, 0.2) is 23.9 Å². The first-order valence-corrected chi connectivity index (χ1v) is 17.6. The summed E-state index contributed by atoms with van der Waals surface area (Å²) >= 11 is 13.0. The molecule has 10 nitrogen and oxygen atoms in total. The Bertz CT molecular complexity index is 1820. The zero-order valence-electron chi connectivity index (χ0n) is 28.3. The fraction of sp³-hybridized carbons (Fsp3) is 0.395. The number of benzene rings is 2. The van der Waals surface area contributed by atoms with Gasteiger partial charge in [-0.3, -0.25) is 15.0 Å². The van der Waals surface area contributed by atoms with Gasteiger partial charge in [-0.25, -0.2) is 9.18 Å². The summed E-state index contributed by atoms with van der Waals surface area (Å²) in [7, 11) is 3.00. The van der Waals surface area contributed by atoms with Crippen molar-refractivity contribution in [3.05, 3.63) is 116 Å². The van der Waals surface area contributed by atoms with E-state index >= 15 is 0 Å². The number of hydrogen-bond donors (Lipinski definition) is 2. The van der Waals surface area contributed by atoms with Gasteiger partial charge in [0.2, 0.25) is 0 Å². The molecule has 3 saturated heterocycles. The number of piperidine rings is 3. The standard InChI is InChI=1S/C38H40Cl2FN3O7/c1-49-32-7-6-25(17-33(32)50-2)29(18-28-30(39)20-44(48)21-31(28)40)38(37(46)47)12-8-23(9-13-38)19-42-35(26-4-3-5-27(41)16-26)36(45)51-34-22-43-14-10-24(34)11-15-43/h3-9,12,16-17,20-21,24,29,34-35,42H,10-11,13-15,18-19,22H2,1-2H3,(H,46,47)/t29-,34-,35?,38?/m0/s1. The number of halogens is 3. The second-order valence-electron chi connectivity index (χ2n) is 13.3. The van der Waals surface area contributed by atoms with Gasteiger partial charge in [-0.05, 0) is 85.7 Å². The number of aromatic nitrogens is 1. The first-order chi connectivity index (χ1) is 24.5. The molecule has 0 spiro atoms. The van der Waals surface area contributed by atoms with Crippen molar-refractivity contribution in [1.29, 1.82) is 0 Å². The van der Waals surface area contributed by atoms with Gasteiger partial charge in [0.1, 0.15) is 28.0 Å². The molecule has 4 heterocycles. The molecule has 2 unspecified atom stereocenters. The van der Waals surface area contributed by atoms with Crippen LogP contribution in [0.5, 0.6) is 11.5 Å². The molecule has 4 atom stereocenters. The van der Waals surface area contributed by atoms with Crippen molar-refractivity contribution in [3.8, 4) is 11.5 Å². The van der Waals surface area contributed by atoms with Crippen LogP contribution >= 0.6 is 23.2 Å². The SMILES string of the molecule is COc1ccc([C@H](Cc2c(Cl)c[n+]([O-])cc2Cl)C2(C(=O)O)C=CC(CNC(C(=O)O[C@H]3CN4CCC3CC4)c3cccc(F)c3)=CC2)cc1OC. The molecule has 2 bridgehead atoms. The van der Waals surface area contributed by atoms with Crippen LogP contribution in [0.1, 0.15) is 47.9 Å². The lowest BCUT2D eigenvalue weighted by Gasteiger charge is -2.44. The Balaban J connectivity index is 1.27. The fourth-order valence-electron chi connectivity index (χ4n) is 7.49. The van der Waals surface area contributed by atoms with Crippen molar-refractivity contribution in [2.75, 3.05) is 40.4 Å². The predicted molar refractivity (Wildman–Crippen MR) is 190 cm³/mol. The summed E-state index contributed by atoms with van der Waals surface area (Å²) in [5.74, 6) is -1.57. The van der Waals surface area contributed by atoms with Gasteiger partial charge in [-0.1, -0.05) is 59.6 Å². The molecule has 1 aliphatic carbocycles. The number of rotatable bonds is 13. The van der Waals surface area contributed by atoms with Gasteiger partial charge in [-0.15, -0.1) is 0 Å². The second-order valence-corrected chi connectivity index (χ2v) is 14.1. The molecule has 51 heavy (non-hydrogen) atoms. The average Bonchev–Trinajstić information content (AvgIpc) is 3.12. The highest BCUT2D eigenvalue weighted by Gasteiger charge is 2.46. The summed E-state index contributed by atoms with van der Waals surface area (Å²) in [4.78, 5) is 29.3. The summed E-state index contributed by atoms with van der Waals surface area (Å²) in [6.45, 7) is 2.88. The van der Waals surface area contributed by atoms with E-state index in [2.05, 4.69) is 10.2 Å². The molecular weight excluding hydrogens is 700 g/mol. The highest BCUT2D eigenvalue weighted by atomic mass is 35.5. The number of carboxylic acids is 1. The highest BCUT2D eigenvalue weighted by Crippen LogP contribution is 2.48. The van der Waals surface area contributed by atoms with Crippen molar-refractivity contribution in [3.63, 3.8) is 0 Å². The Hall–Kier alpha value is -4.16. The number of nitrogens with zero attached hydrogens (tertiary/aromatic N) is 2. The van der Waals surface area contributed by atoms with Gasteiger partial charge in [0.05, 0.1) is 19.6 Å². The number of ether oxygens (including phenoxy) is 3. The van der Waals surface area contributed by atoms with E-state index in [9.17, 15) is 24.3 Å². The predicted octanol–water partition coefficient (Wildman–Crippen LogP) is 6.04. The van der Waals surface area contributed by atoms with Crippen LogP contribution in [0.2, 0.25) is 10.0 Å². The number of esters is 1. The number of carbonyl (C=O) groups excluding carboxylic acids is 1. The molecular formula is C38H40Cl2FN3O7. The largest absolute Gasteiger partial charge is 0.619 e. The van der Waals surface area contributed by atoms with Gasteiger partial charge in [0, 0.05) is 24.6 Å². The number of carboxylic acid groups (broad SMARTS) is 1. The van der Waals surface area contributed by atoms with Crippen LogP contribution in [0.3, 0.4) is 0 Å². The van der Waals surface area contributed by atoms with Crippen molar-refractivity contribution in [1.82, 2.24) is 10.2 Å². The van der Waals surface area contributed by atoms with E-state index < -0.39 is 35.1 Å². The summed E-state index contributed by atoms with van der Waals surface area (Å²) in [5, 5.41) is 26.4. The van der Waals surface area contributed by atoms with Crippen LogP contribution in [0.4, 0.5) is 4.39 Å². The lowest BCUT2D eigenvalue weighted by Crippen LogP contribution is -2.52. The summed E-state index contributed by atoms with van der Waals surface area (Å²) < 4.78 is 31.9. The van der Waals surface area contributed by atoms with Crippen LogP contribution < -0.4 is 19.5 Å². The van der Waals surface area contributed by atoms with E-state index in [0.29, 0.717) is 45.4 Å². The Morgan fingerprint density at radius 2 is 1.80 bits per heavy atom. The molecule has 3 aliphatic heterocycles. The number of allylic oxidation sites excluding steroid dienone is 1. The molecule has 1 aromatic heterocycles. The zero-order chi connectivity index (χ0) is 36.3. The normalized spacial score (nSPS) is 23.6. The first-order valence-electron chi connectivity index (χ1n) is 16.8. The van der Waals surface area contributed by atoms with Crippen molar-refractivity contribution in [2.24, 2.45) is 11.3 Å². The minimum absolute atomic E-state index is 0.0765. The lowest BCUT2D eigenvalue weighted by atomic mass is 9.65. The molecule has 2 N–H and O–H groups in total. The maximum absolute atomic E-state index is 14.3. The minimum Gasteiger partial charge on any atom is -0.619 e. The van der Waals surface area contributed by atoms with Crippen LogP contribution in [0.15, 0.2) is 78.7 Å². The molecule has 270 valence electrons. The molecule has 7 rings (SSSR count). The smallest absolute Gasteiger partial charge is 0.328 e. The van der Waals surface area contributed by atoms with E-state index in [1.165, 1.54) is 38.7 Å². The fourth-order valence-corrected chi connectivity index (χ4v) is 8.09. The van der Waals surface area contributed by atoms with Gasteiger partial charge in [0.25, 0.3) is 0 Å². The number of fused-ring (bicyclic) bond motifs is 3.